The Morgan fingerprint density at radius 1 is 1.41 bits per heavy atom. The van der Waals surface area contributed by atoms with Crippen LogP contribution in [0.4, 0.5) is 0 Å². The van der Waals surface area contributed by atoms with E-state index >= 15 is 0 Å². The molecule has 0 aromatic carbocycles. The second kappa shape index (κ2) is 7.65. The average molecular weight is 258 g/mol. The molecule has 0 spiro atoms. The maximum absolute atomic E-state index is 3.54. The van der Waals surface area contributed by atoms with Gasteiger partial charge in [0.05, 0.1) is 0 Å². The number of nitrogens with zero attached hydrogens (tertiary/aromatic N) is 1. The summed E-state index contributed by atoms with van der Waals surface area (Å²) in [7, 11) is 2.32. The van der Waals surface area contributed by atoms with E-state index in [9.17, 15) is 0 Å². The summed E-state index contributed by atoms with van der Waals surface area (Å²) in [5.74, 6) is 2.69. The van der Waals surface area contributed by atoms with Crippen LogP contribution in [0.2, 0.25) is 0 Å². The highest BCUT2D eigenvalue weighted by atomic mass is 32.2. The van der Waals surface area contributed by atoms with Crippen molar-refractivity contribution in [2.24, 2.45) is 5.41 Å². The predicted molar refractivity (Wildman–Crippen MR) is 79.9 cm³/mol. The van der Waals surface area contributed by atoms with Crippen molar-refractivity contribution in [1.29, 1.82) is 0 Å². The Balaban J connectivity index is 2.45. The summed E-state index contributed by atoms with van der Waals surface area (Å²) in [5, 5.41) is 3.54. The first-order chi connectivity index (χ1) is 8.11. The van der Waals surface area contributed by atoms with E-state index in [0.29, 0.717) is 5.41 Å². The van der Waals surface area contributed by atoms with Crippen LogP contribution in [0.25, 0.3) is 0 Å². The van der Waals surface area contributed by atoms with Crippen LogP contribution in [-0.4, -0.2) is 49.1 Å². The van der Waals surface area contributed by atoms with Gasteiger partial charge in [0.25, 0.3) is 0 Å². The van der Waals surface area contributed by atoms with E-state index < -0.39 is 0 Å². The maximum Gasteiger partial charge on any atom is 0.0191 e. The zero-order chi connectivity index (χ0) is 12.7. The van der Waals surface area contributed by atoms with Crippen molar-refractivity contribution >= 4 is 11.8 Å². The highest BCUT2D eigenvalue weighted by molar-refractivity contribution is 7.99. The van der Waals surface area contributed by atoms with E-state index in [2.05, 4.69) is 49.8 Å². The molecule has 1 rings (SSSR count). The topological polar surface area (TPSA) is 15.3 Å². The molecule has 0 radical (unpaired) electrons. The molecule has 0 bridgehead atoms. The standard InChI is InChI=1S/C14H30N2S/c1-5-8-14(3,11-15-6-2)12-16(4)13-7-9-17-10-13/h13,15H,5-12H2,1-4H3. The van der Waals surface area contributed by atoms with Gasteiger partial charge >= 0.3 is 0 Å². The molecule has 0 saturated carbocycles. The summed E-state index contributed by atoms with van der Waals surface area (Å²) in [4.78, 5) is 2.60. The maximum atomic E-state index is 3.54. The zero-order valence-electron chi connectivity index (χ0n) is 12.1. The van der Waals surface area contributed by atoms with E-state index in [1.54, 1.807) is 0 Å². The van der Waals surface area contributed by atoms with E-state index in [1.165, 1.54) is 37.3 Å². The van der Waals surface area contributed by atoms with Crippen molar-refractivity contribution in [2.45, 2.75) is 46.1 Å². The molecule has 3 heteroatoms. The summed E-state index contributed by atoms with van der Waals surface area (Å²) in [5.41, 5.74) is 0.437. The molecular weight excluding hydrogens is 228 g/mol. The highest BCUT2D eigenvalue weighted by Gasteiger charge is 2.28. The van der Waals surface area contributed by atoms with E-state index in [0.717, 1.165) is 19.1 Å². The second-order valence-electron chi connectivity index (χ2n) is 5.77. The monoisotopic (exact) mass is 258 g/mol. The van der Waals surface area contributed by atoms with Crippen LogP contribution < -0.4 is 5.32 Å². The zero-order valence-corrected chi connectivity index (χ0v) is 12.9. The number of hydrogen-bond acceptors (Lipinski definition) is 3. The molecule has 17 heavy (non-hydrogen) atoms. The molecule has 102 valence electrons. The summed E-state index contributed by atoms with van der Waals surface area (Å²) >= 11 is 2.11. The van der Waals surface area contributed by atoms with Gasteiger partial charge in [-0.2, -0.15) is 11.8 Å². The van der Waals surface area contributed by atoms with Crippen LogP contribution in [0.1, 0.15) is 40.0 Å². The van der Waals surface area contributed by atoms with Crippen molar-refractivity contribution in [3.8, 4) is 0 Å². The van der Waals surface area contributed by atoms with Gasteiger partial charge in [0, 0.05) is 24.9 Å². The van der Waals surface area contributed by atoms with Crippen molar-refractivity contribution in [3.63, 3.8) is 0 Å². The average Bonchev–Trinajstić information content (AvgIpc) is 2.80. The van der Waals surface area contributed by atoms with Gasteiger partial charge in [0.1, 0.15) is 0 Å². The lowest BCUT2D eigenvalue weighted by molar-refractivity contribution is 0.145. The molecular formula is C14H30N2S. The molecule has 1 N–H and O–H groups in total. The molecule has 0 aromatic heterocycles. The Kier molecular flexibility index (Phi) is 6.90. The first-order valence-electron chi connectivity index (χ1n) is 7.10. The minimum atomic E-state index is 0.437. The lowest BCUT2D eigenvalue weighted by Crippen LogP contribution is -2.44. The van der Waals surface area contributed by atoms with E-state index in [4.69, 9.17) is 0 Å². The lowest BCUT2D eigenvalue weighted by atomic mass is 9.84. The van der Waals surface area contributed by atoms with Crippen LogP contribution in [0.15, 0.2) is 0 Å². The lowest BCUT2D eigenvalue weighted by Gasteiger charge is -2.36. The van der Waals surface area contributed by atoms with Gasteiger partial charge in [-0.25, -0.2) is 0 Å². The van der Waals surface area contributed by atoms with Gasteiger partial charge in [0.2, 0.25) is 0 Å². The molecule has 1 heterocycles. The quantitative estimate of drug-likeness (QED) is 0.721. The molecule has 0 aromatic rings. The molecule has 0 amide bonds. The summed E-state index contributed by atoms with van der Waals surface area (Å²) < 4.78 is 0. The molecule has 1 aliphatic heterocycles. The minimum absolute atomic E-state index is 0.437. The minimum Gasteiger partial charge on any atom is -0.316 e. The van der Waals surface area contributed by atoms with Gasteiger partial charge in [-0.05, 0) is 37.6 Å². The molecule has 1 fully saturated rings. The first kappa shape index (κ1) is 15.3. The van der Waals surface area contributed by atoms with Crippen molar-refractivity contribution in [3.05, 3.63) is 0 Å². The molecule has 2 unspecified atom stereocenters. The van der Waals surface area contributed by atoms with Gasteiger partial charge in [-0.1, -0.05) is 27.2 Å². The summed E-state index contributed by atoms with van der Waals surface area (Å²) in [6.45, 7) is 10.4. The van der Waals surface area contributed by atoms with Gasteiger partial charge in [-0.3, -0.25) is 0 Å². The van der Waals surface area contributed by atoms with Crippen LogP contribution in [0, 0.1) is 5.41 Å². The van der Waals surface area contributed by atoms with E-state index in [-0.39, 0.29) is 0 Å². The highest BCUT2D eigenvalue weighted by Crippen LogP contribution is 2.28. The van der Waals surface area contributed by atoms with Crippen LogP contribution >= 0.6 is 11.8 Å². The third-order valence-electron chi connectivity index (χ3n) is 3.82. The Morgan fingerprint density at radius 2 is 2.18 bits per heavy atom. The molecule has 1 saturated heterocycles. The first-order valence-corrected chi connectivity index (χ1v) is 8.25. The second-order valence-corrected chi connectivity index (χ2v) is 6.92. The Morgan fingerprint density at radius 3 is 2.71 bits per heavy atom. The van der Waals surface area contributed by atoms with Gasteiger partial charge in [-0.15, -0.1) is 0 Å². The SMILES string of the molecule is CCCC(C)(CNCC)CN(C)C1CCSC1. The summed E-state index contributed by atoms with van der Waals surface area (Å²) in [6.07, 6.45) is 3.99. The Hall–Kier alpha value is 0.270. The van der Waals surface area contributed by atoms with Crippen LogP contribution in [-0.2, 0) is 0 Å². The largest absolute Gasteiger partial charge is 0.316 e. The van der Waals surface area contributed by atoms with Crippen LogP contribution in [0.3, 0.4) is 0 Å². The smallest absolute Gasteiger partial charge is 0.0191 e. The molecule has 1 aliphatic rings. The van der Waals surface area contributed by atoms with Gasteiger partial charge in [0.15, 0.2) is 0 Å². The van der Waals surface area contributed by atoms with Crippen molar-refractivity contribution in [2.75, 3.05) is 38.2 Å². The molecule has 2 atom stereocenters. The normalized spacial score (nSPS) is 24.2. The third kappa shape index (κ3) is 5.19. The fraction of sp³-hybridized carbons (Fsp3) is 1.00. The fourth-order valence-electron chi connectivity index (χ4n) is 2.85. The van der Waals surface area contributed by atoms with Crippen molar-refractivity contribution < 1.29 is 0 Å². The fourth-order valence-corrected chi connectivity index (χ4v) is 4.15. The van der Waals surface area contributed by atoms with Gasteiger partial charge < -0.3 is 10.2 Å². The number of nitrogens with one attached hydrogen (secondary N) is 1. The Bertz CT molecular complexity index is 204. The third-order valence-corrected chi connectivity index (χ3v) is 4.96. The van der Waals surface area contributed by atoms with Crippen molar-refractivity contribution in [1.82, 2.24) is 10.2 Å². The van der Waals surface area contributed by atoms with E-state index in [1.807, 2.05) is 0 Å². The molecule has 2 nitrogen and oxygen atoms in total. The predicted octanol–water partition coefficient (Wildman–Crippen LogP) is 2.84. The number of rotatable bonds is 8. The number of thioether (sulfide) groups is 1. The Labute approximate surface area is 112 Å². The molecule has 0 aliphatic carbocycles. The number of hydrogen-bond donors (Lipinski definition) is 1. The van der Waals surface area contributed by atoms with Crippen LogP contribution in [0.5, 0.6) is 0 Å². The summed E-state index contributed by atoms with van der Waals surface area (Å²) in [6, 6.07) is 0.817.